The molecule has 0 N–H and O–H groups in total. The Morgan fingerprint density at radius 2 is 1.67 bits per heavy atom. The van der Waals surface area contributed by atoms with Crippen LogP contribution in [0, 0.1) is 34.4 Å². The summed E-state index contributed by atoms with van der Waals surface area (Å²) < 4.78 is 20.7. The van der Waals surface area contributed by atoms with Crippen molar-refractivity contribution in [3.8, 4) is 12.1 Å². The largest absolute Gasteiger partial charge is 0.381 e. The van der Waals surface area contributed by atoms with Gasteiger partial charge in [0.15, 0.2) is 0 Å². The molecule has 0 radical (unpaired) electrons. The van der Waals surface area contributed by atoms with E-state index in [1.807, 2.05) is 24.1 Å². The van der Waals surface area contributed by atoms with Gasteiger partial charge in [0, 0.05) is 51.6 Å². The lowest BCUT2D eigenvalue weighted by Crippen LogP contribution is -2.46. The van der Waals surface area contributed by atoms with Gasteiger partial charge in [-0.2, -0.15) is 10.5 Å². The summed E-state index contributed by atoms with van der Waals surface area (Å²) >= 11 is 0. The van der Waals surface area contributed by atoms with Crippen molar-refractivity contribution in [2.75, 3.05) is 36.6 Å². The predicted molar refractivity (Wildman–Crippen MR) is 148 cm³/mol. The Hall–Kier alpha value is -3.95. The zero-order chi connectivity index (χ0) is 27.5. The molecule has 39 heavy (non-hydrogen) atoms. The Morgan fingerprint density at radius 3 is 2.31 bits per heavy atom. The third-order valence-corrected chi connectivity index (χ3v) is 8.40. The van der Waals surface area contributed by atoms with Gasteiger partial charge in [-0.25, -0.2) is 9.37 Å². The van der Waals surface area contributed by atoms with Gasteiger partial charge in [-0.1, -0.05) is 0 Å². The fourth-order valence-corrected chi connectivity index (χ4v) is 6.14. The van der Waals surface area contributed by atoms with E-state index in [0.29, 0.717) is 28.7 Å². The average molecular weight is 529 g/mol. The van der Waals surface area contributed by atoms with E-state index in [4.69, 9.17) is 4.74 Å². The Balaban J connectivity index is 1.41. The second kappa shape index (κ2) is 11.4. The summed E-state index contributed by atoms with van der Waals surface area (Å²) in [6.45, 7) is 2.48. The molecule has 3 aromatic rings. The highest BCUT2D eigenvalue weighted by molar-refractivity contribution is 5.92. The van der Waals surface area contributed by atoms with Crippen LogP contribution in [-0.2, 0) is 11.8 Å². The normalized spacial score (nSPS) is 19.8. The van der Waals surface area contributed by atoms with Crippen molar-refractivity contribution in [2.45, 2.75) is 50.6 Å². The van der Waals surface area contributed by atoms with Crippen LogP contribution in [-0.4, -0.2) is 48.4 Å². The van der Waals surface area contributed by atoms with Crippen molar-refractivity contribution < 1.29 is 9.13 Å². The molecule has 1 saturated carbocycles. The van der Waals surface area contributed by atoms with Gasteiger partial charge in [-0.05, 0) is 80.8 Å². The van der Waals surface area contributed by atoms with Crippen LogP contribution < -0.4 is 15.4 Å². The Morgan fingerprint density at radius 1 is 1.00 bits per heavy atom. The van der Waals surface area contributed by atoms with E-state index in [1.165, 1.54) is 16.7 Å². The van der Waals surface area contributed by atoms with Crippen LogP contribution in [0.15, 0.2) is 41.2 Å². The highest BCUT2D eigenvalue weighted by Gasteiger charge is 2.32. The number of aryl methyl sites for hydroxylation is 1. The van der Waals surface area contributed by atoms with E-state index in [2.05, 4.69) is 22.0 Å². The molecule has 1 aromatic carbocycles. The first-order chi connectivity index (χ1) is 18.9. The lowest BCUT2D eigenvalue weighted by Gasteiger charge is -2.43. The molecular weight excluding hydrogens is 495 g/mol. The van der Waals surface area contributed by atoms with E-state index >= 15 is 0 Å². The molecule has 202 valence electrons. The molecule has 1 saturated heterocycles. The topological polar surface area (TPSA) is 98.2 Å². The summed E-state index contributed by atoms with van der Waals surface area (Å²) in [5.74, 6) is 0.299. The number of aromatic nitrogens is 2. The number of hydrogen-bond donors (Lipinski definition) is 0. The molecular formula is C30H33FN6O2. The highest BCUT2D eigenvalue weighted by Crippen LogP contribution is 2.35. The second-order valence-corrected chi connectivity index (χ2v) is 10.6. The number of nitrogens with zero attached hydrogens (tertiary/aromatic N) is 6. The average Bonchev–Trinajstić information content (AvgIpc) is 2.98. The number of pyridine rings is 2. The maximum absolute atomic E-state index is 13.7. The Kier molecular flexibility index (Phi) is 7.81. The summed E-state index contributed by atoms with van der Waals surface area (Å²) in [5.41, 5.74) is 2.53. The number of nitriles is 2. The van der Waals surface area contributed by atoms with Gasteiger partial charge < -0.3 is 19.1 Å². The summed E-state index contributed by atoms with van der Waals surface area (Å²) in [4.78, 5) is 22.0. The third kappa shape index (κ3) is 5.32. The minimum atomic E-state index is -0.369. The summed E-state index contributed by atoms with van der Waals surface area (Å²) in [7, 11) is 3.54. The van der Waals surface area contributed by atoms with Gasteiger partial charge in [0.1, 0.15) is 34.7 Å². The van der Waals surface area contributed by atoms with E-state index in [-0.39, 0.29) is 28.7 Å². The Bertz CT molecular complexity index is 1480. The number of hydrogen-bond acceptors (Lipinski definition) is 7. The standard InChI is InChI=1S/C30H33FN6O2/c1-35(29-26(18-33)30(38)36(2)27-12-5-22(17-32)34-28(27)29)23-8-10-25(11-9-23)37(19-20-13-15-39-16-14-20)24-6-3-21(31)4-7-24/h3-7,12,20,23,25H,8-11,13-16,19H2,1-2H3/t23-,25+. The summed E-state index contributed by atoms with van der Waals surface area (Å²) in [6.07, 6.45) is 5.65. The molecule has 8 nitrogen and oxygen atoms in total. The number of halogens is 1. The van der Waals surface area contributed by atoms with Crippen molar-refractivity contribution in [2.24, 2.45) is 13.0 Å². The molecule has 5 rings (SSSR count). The van der Waals surface area contributed by atoms with E-state index in [1.54, 1.807) is 19.2 Å². The van der Waals surface area contributed by atoms with Crippen molar-refractivity contribution in [3.63, 3.8) is 0 Å². The predicted octanol–water partition coefficient (Wildman–Crippen LogP) is 4.50. The maximum atomic E-state index is 13.7. The van der Waals surface area contributed by atoms with Crippen molar-refractivity contribution >= 4 is 22.4 Å². The number of fused-ring (bicyclic) bond motifs is 1. The number of benzene rings is 1. The monoisotopic (exact) mass is 528 g/mol. The first-order valence-electron chi connectivity index (χ1n) is 13.6. The second-order valence-electron chi connectivity index (χ2n) is 10.6. The summed E-state index contributed by atoms with van der Waals surface area (Å²) in [5, 5.41) is 19.4. The van der Waals surface area contributed by atoms with Crippen molar-refractivity contribution in [3.05, 3.63) is 63.8 Å². The molecule has 0 bridgehead atoms. The molecule has 0 spiro atoms. The van der Waals surface area contributed by atoms with E-state index in [9.17, 15) is 19.7 Å². The molecule has 1 aliphatic carbocycles. The lowest BCUT2D eigenvalue weighted by atomic mass is 9.87. The first kappa shape index (κ1) is 26.6. The maximum Gasteiger partial charge on any atom is 0.270 e. The fraction of sp³-hybridized carbons (Fsp3) is 0.467. The molecule has 3 heterocycles. The van der Waals surface area contributed by atoms with Gasteiger partial charge in [-0.3, -0.25) is 4.79 Å². The number of anilines is 2. The lowest BCUT2D eigenvalue weighted by molar-refractivity contribution is 0.0674. The number of rotatable bonds is 6. The van der Waals surface area contributed by atoms with E-state index in [0.717, 1.165) is 64.0 Å². The molecule has 2 aromatic heterocycles. The molecule has 0 amide bonds. The van der Waals surface area contributed by atoms with Crippen LogP contribution in [0.3, 0.4) is 0 Å². The zero-order valence-electron chi connectivity index (χ0n) is 22.4. The highest BCUT2D eigenvalue weighted by atomic mass is 19.1. The van der Waals surface area contributed by atoms with Crippen molar-refractivity contribution in [1.82, 2.24) is 9.55 Å². The summed E-state index contributed by atoms with van der Waals surface area (Å²) in [6, 6.07) is 14.7. The van der Waals surface area contributed by atoms with Crippen molar-refractivity contribution in [1.29, 1.82) is 10.5 Å². The van der Waals surface area contributed by atoms with Crippen LogP contribution >= 0.6 is 0 Å². The molecule has 1 aliphatic heterocycles. The molecule has 9 heteroatoms. The van der Waals surface area contributed by atoms with Gasteiger partial charge >= 0.3 is 0 Å². The molecule has 2 aliphatic rings. The molecule has 0 atom stereocenters. The van der Waals surface area contributed by atoms with Gasteiger partial charge in [0.25, 0.3) is 5.56 Å². The Labute approximate surface area is 227 Å². The van der Waals surface area contributed by atoms with Crippen LogP contribution in [0.1, 0.15) is 49.8 Å². The van der Waals surface area contributed by atoms with Crippen LogP contribution in [0.4, 0.5) is 15.8 Å². The zero-order valence-corrected chi connectivity index (χ0v) is 22.4. The molecule has 2 fully saturated rings. The quantitative estimate of drug-likeness (QED) is 0.465. The van der Waals surface area contributed by atoms with Gasteiger partial charge in [0.05, 0.1) is 11.2 Å². The fourth-order valence-electron chi connectivity index (χ4n) is 6.14. The van der Waals surface area contributed by atoms with Crippen LogP contribution in [0.25, 0.3) is 11.0 Å². The third-order valence-electron chi connectivity index (χ3n) is 8.40. The molecule has 0 unspecified atom stereocenters. The number of ether oxygens (including phenoxy) is 1. The first-order valence-corrected chi connectivity index (χ1v) is 13.6. The minimum Gasteiger partial charge on any atom is -0.381 e. The smallest absolute Gasteiger partial charge is 0.270 e. The van der Waals surface area contributed by atoms with Crippen LogP contribution in [0.2, 0.25) is 0 Å². The van der Waals surface area contributed by atoms with Gasteiger partial charge in [0.2, 0.25) is 0 Å². The SMILES string of the molecule is Cn1c(=O)c(C#N)c(N(C)[C@H]2CC[C@@H](N(CC3CCOCC3)c3ccc(F)cc3)CC2)c2nc(C#N)ccc21. The minimum absolute atomic E-state index is 0.0460. The van der Waals surface area contributed by atoms with E-state index < -0.39 is 0 Å². The van der Waals surface area contributed by atoms with Crippen LogP contribution in [0.5, 0.6) is 0 Å². The van der Waals surface area contributed by atoms with Gasteiger partial charge in [-0.15, -0.1) is 0 Å².